The molecule has 0 bridgehead atoms. The average Bonchev–Trinajstić information content (AvgIpc) is 3.70. The van der Waals surface area contributed by atoms with E-state index in [-0.39, 0.29) is 0 Å². The van der Waals surface area contributed by atoms with E-state index in [1.165, 1.54) is 33.1 Å². The van der Waals surface area contributed by atoms with Gasteiger partial charge in [0.15, 0.2) is 5.82 Å². The summed E-state index contributed by atoms with van der Waals surface area (Å²) in [6.07, 6.45) is 0. The number of hydrogen-bond donors (Lipinski definition) is 0. The highest BCUT2D eigenvalue weighted by Gasteiger charge is 2.16. The van der Waals surface area contributed by atoms with Gasteiger partial charge in [-0.15, -0.1) is 0 Å². The molecule has 1 aromatic heterocycles. The highest BCUT2D eigenvalue weighted by Crippen LogP contribution is 2.39. The van der Waals surface area contributed by atoms with Crippen molar-refractivity contribution in [3.63, 3.8) is 0 Å². The zero-order chi connectivity index (χ0) is 34.0. The van der Waals surface area contributed by atoms with Crippen LogP contribution in [0.25, 0.3) is 43.5 Å². The topological polar surface area (TPSA) is 32.3 Å². The van der Waals surface area contributed by atoms with Crippen LogP contribution in [0.1, 0.15) is 0 Å². The molecular formula is C46H32N4S. The average molecular weight is 673 g/mol. The van der Waals surface area contributed by atoms with Crippen molar-refractivity contribution in [1.29, 1.82) is 0 Å². The first-order chi connectivity index (χ1) is 25.3. The van der Waals surface area contributed by atoms with Crippen LogP contribution in [0.3, 0.4) is 0 Å². The fraction of sp³-hybridized carbons (Fsp3) is 0. The minimum Gasteiger partial charge on any atom is -0.311 e. The Bertz CT molecular complexity index is 2460. The van der Waals surface area contributed by atoms with E-state index in [1.54, 1.807) is 0 Å². The molecule has 0 unspecified atom stereocenters. The molecule has 5 heteroatoms. The second kappa shape index (κ2) is 13.4. The molecule has 0 saturated carbocycles. The Hall–Kier alpha value is -6.56. The van der Waals surface area contributed by atoms with Crippen LogP contribution in [-0.4, -0.2) is 9.36 Å². The molecule has 0 aliphatic heterocycles. The van der Waals surface area contributed by atoms with Crippen LogP contribution in [0.2, 0.25) is 0 Å². The molecule has 0 atom stereocenters. The van der Waals surface area contributed by atoms with Gasteiger partial charge in [-0.1, -0.05) is 97.1 Å². The minimum atomic E-state index is 0.727. The lowest BCUT2D eigenvalue weighted by molar-refractivity contribution is 1.27. The van der Waals surface area contributed by atoms with Gasteiger partial charge in [-0.2, -0.15) is 4.37 Å². The lowest BCUT2D eigenvalue weighted by Crippen LogP contribution is -2.09. The number of nitrogens with zero attached hydrogens (tertiary/aromatic N) is 4. The van der Waals surface area contributed by atoms with E-state index in [9.17, 15) is 0 Å². The number of rotatable bonds is 8. The molecule has 4 nitrogen and oxygen atoms in total. The quantitative estimate of drug-likeness (QED) is 0.161. The summed E-state index contributed by atoms with van der Waals surface area (Å²) in [5.41, 5.74) is 8.60. The first kappa shape index (κ1) is 30.5. The first-order valence-corrected chi connectivity index (χ1v) is 17.8. The second-order valence-corrected chi connectivity index (χ2v) is 13.2. The highest BCUT2D eigenvalue weighted by atomic mass is 32.1. The van der Waals surface area contributed by atoms with E-state index >= 15 is 0 Å². The highest BCUT2D eigenvalue weighted by molar-refractivity contribution is 7.09. The zero-order valence-electron chi connectivity index (χ0n) is 27.7. The third kappa shape index (κ3) is 6.12. The van der Waals surface area contributed by atoms with Crippen LogP contribution in [0.15, 0.2) is 194 Å². The van der Waals surface area contributed by atoms with Crippen molar-refractivity contribution in [2.24, 2.45) is 0 Å². The summed E-state index contributed by atoms with van der Waals surface area (Å²) in [5.74, 6) is 0.727. The van der Waals surface area contributed by atoms with E-state index in [0.717, 1.165) is 56.1 Å². The predicted octanol–water partition coefficient (Wildman–Crippen LogP) is 13.1. The van der Waals surface area contributed by atoms with Gasteiger partial charge in [0, 0.05) is 45.3 Å². The van der Waals surface area contributed by atoms with Crippen LogP contribution in [0.4, 0.5) is 34.1 Å². The van der Waals surface area contributed by atoms with E-state index in [1.807, 2.05) is 12.1 Å². The normalized spacial score (nSPS) is 11.1. The Labute approximate surface area is 301 Å². The molecule has 0 amide bonds. The Kier molecular flexibility index (Phi) is 8.01. The van der Waals surface area contributed by atoms with E-state index in [2.05, 4.69) is 192 Å². The molecular weight excluding hydrogens is 641 g/mol. The summed E-state index contributed by atoms with van der Waals surface area (Å²) in [5, 5.41) is 5.75. The summed E-state index contributed by atoms with van der Waals surface area (Å²) in [6, 6.07) is 68.3. The predicted molar refractivity (Wildman–Crippen MR) is 215 cm³/mol. The summed E-state index contributed by atoms with van der Waals surface area (Å²) in [7, 11) is 0. The molecule has 9 aromatic rings. The largest absolute Gasteiger partial charge is 0.311 e. The number of benzene rings is 8. The Balaban J connectivity index is 1.02. The number of aromatic nitrogens is 2. The SMILES string of the molecule is c1ccc(N(c2ccccc2)c2ccc(-c3nsc(-c4ccc(N(c5ccc6ccccc6c5)c5ccc6ccccc6c5)cc4)n3)cc2)cc1. The van der Waals surface area contributed by atoms with Gasteiger partial charge in [0.25, 0.3) is 0 Å². The molecule has 51 heavy (non-hydrogen) atoms. The summed E-state index contributed by atoms with van der Waals surface area (Å²) in [6.45, 7) is 0. The van der Waals surface area contributed by atoms with Crippen molar-refractivity contribution in [2.45, 2.75) is 0 Å². The molecule has 0 N–H and O–H groups in total. The van der Waals surface area contributed by atoms with Crippen LogP contribution >= 0.6 is 11.5 Å². The molecule has 0 spiro atoms. The lowest BCUT2D eigenvalue weighted by atomic mass is 10.1. The van der Waals surface area contributed by atoms with Crippen molar-refractivity contribution >= 4 is 67.2 Å². The monoisotopic (exact) mass is 672 g/mol. The van der Waals surface area contributed by atoms with Gasteiger partial charge < -0.3 is 9.80 Å². The van der Waals surface area contributed by atoms with Crippen molar-refractivity contribution in [3.8, 4) is 22.0 Å². The first-order valence-electron chi connectivity index (χ1n) is 17.0. The van der Waals surface area contributed by atoms with Gasteiger partial charge in [0.2, 0.25) is 0 Å². The van der Waals surface area contributed by atoms with E-state index < -0.39 is 0 Å². The zero-order valence-corrected chi connectivity index (χ0v) is 28.5. The van der Waals surface area contributed by atoms with Gasteiger partial charge in [0.1, 0.15) is 5.01 Å². The van der Waals surface area contributed by atoms with Crippen LogP contribution in [0, 0.1) is 0 Å². The third-order valence-electron chi connectivity index (χ3n) is 9.19. The number of hydrogen-bond acceptors (Lipinski definition) is 5. The van der Waals surface area contributed by atoms with Crippen LogP contribution in [-0.2, 0) is 0 Å². The molecule has 8 aromatic carbocycles. The molecule has 1 heterocycles. The Morgan fingerprint density at radius 2 is 0.725 bits per heavy atom. The van der Waals surface area contributed by atoms with Crippen LogP contribution < -0.4 is 9.80 Å². The van der Waals surface area contributed by atoms with Crippen molar-refractivity contribution in [1.82, 2.24) is 9.36 Å². The fourth-order valence-corrected chi connectivity index (χ4v) is 7.34. The maximum absolute atomic E-state index is 4.98. The van der Waals surface area contributed by atoms with Crippen molar-refractivity contribution in [2.75, 3.05) is 9.80 Å². The molecule has 0 aliphatic carbocycles. The summed E-state index contributed by atoms with van der Waals surface area (Å²) in [4.78, 5) is 9.56. The number of fused-ring (bicyclic) bond motifs is 2. The molecule has 0 saturated heterocycles. The standard InChI is InChI=1S/C46H32N4S/c1-3-15-39(16-4-1)49(40-17-5-2-6-18-40)41-25-21-35(22-26-41)45-47-46(51-48-45)36-23-27-42(28-24-36)50(43-29-19-33-11-7-9-13-37(33)31-43)44-30-20-34-12-8-10-14-38(34)32-44/h1-32H. The fourth-order valence-electron chi connectivity index (χ4n) is 6.65. The van der Waals surface area contributed by atoms with Gasteiger partial charge >= 0.3 is 0 Å². The lowest BCUT2D eigenvalue weighted by Gasteiger charge is -2.26. The van der Waals surface area contributed by atoms with Gasteiger partial charge in [0.05, 0.1) is 0 Å². The number of anilines is 6. The summed E-state index contributed by atoms with van der Waals surface area (Å²) >= 11 is 1.43. The van der Waals surface area contributed by atoms with Crippen molar-refractivity contribution in [3.05, 3.63) is 194 Å². The van der Waals surface area contributed by atoms with Gasteiger partial charge in [-0.3, -0.25) is 0 Å². The Morgan fingerprint density at radius 3 is 1.24 bits per heavy atom. The molecule has 242 valence electrons. The number of para-hydroxylation sites is 2. The van der Waals surface area contributed by atoms with Crippen molar-refractivity contribution < 1.29 is 0 Å². The summed E-state index contributed by atoms with van der Waals surface area (Å²) < 4.78 is 4.77. The van der Waals surface area contributed by atoms with Crippen LogP contribution in [0.5, 0.6) is 0 Å². The Morgan fingerprint density at radius 1 is 0.333 bits per heavy atom. The molecule has 9 rings (SSSR count). The van der Waals surface area contributed by atoms with Gasteiger partial charge in [-0.25, -0.2) is 4.98 Å². The molecule has 0 radical (unpaired) electrons. The maximum Gasteiger partial charge on any atom is 0.173 e. The molecule has 0 fully saturated rings. The minimum absolute atomic E-state index is 0.727. The van der Waals surface area contributed by atoms with E-state index in [0.29, 0.717) is 0 Å². The van der Waals surface area contributed by atoms with E-state index in [4.69, 9.17) is 9.36 Å². The van der Waals surface area contributed by atoms with Gasteiger partial charge in [-0.05, 0) is 130 Å². The third-order valence-corrected chi connectivity index (χ3v) is 9.96. The smallest absolute Gasteiger partial charge is 0.173 e. The maximum atomic E-state index is 4.98. The second-order valence-electron chi connectivity index (χ2n) is 12.4. The molecule has 0 aliphatic rings.